The van der Waals surface area contributed by atoms with Gasteiger partial charge in [-0.25, -0.2) is 4.68 Å². The topological polar surface area (TPSA) is 46.9 Å². The van der Waals surface area contributed by atoms with Gasteiger partial charge >= 0.3 is 0 Å². The Morgan fingerprint density at radius 1 is 1.17 bits per heavy atom. The summed E-state index contributed by atoms with van der Waals surface area (Å²) in [6, 6.07) is 10.2. The van der Waals surface area contributed by atoms with Gasteiger partial charge in [0.25, 0.3) is 0 Å². The van der Waals surface area contributed by atoms with E-state index in [-0.39, 0.29) is 5.91 Å². The number of aryl methyl sites for hydroxylation is 2. The van der Waals surface area contributed by atoms with Gasteiger partial charge in [0.2, 0.25) is 5.91 Å². The lowest BCUT2D eigenvalue weighted by Crippen LogP contribution is -2.31. The number of nitrogens with one attached hydrogen (secondary N) is 1. The summed E-state index contributed by atoms with van der Waals surface area (Å²) in [6.45, 7) is 4.88. The normalized spacial score (nSPS) is 15.4. The molecule has 0 radical (unpaired) electrons. The van der Waals surface area contributed by atoms with Crippen molar-refractivity contribution in [1.82, 2.24) is 15.1 Å². The number of aromatic nitrogens is 2. The summed E-state index contributed by atoms with van der Waals surface area (Å²) in [6.07, 6.45) is 6.95. The fourth-order valence-electron chi connectivity index (χ4n) is 3.54. The van der Waals surface area contributed by atoms with Gasteiger partial charge in [-0.1, -0.05) is 31.4 Å². The summed E-state index contributed by atoms with van der Waals surface area (Å²) in [5.41, 5.74) is 4.21. The molecule has 3 rings (SSSR count). The van der Waals surface area contributed by atoms with Gasteiger partial charge in [0.1, 0.15) is 0 Å². The Balaban J connectivity index is 1.53. The number of amides is 1. The Labute approximate surface area is 144 Å². The van der Waals surface area contributed by atoms with E-state index >= 15 is 0 Å². The Kier molecular flexibility index (Phi) is 5.34. The smallest absolute Gasteiger partial charge is 0.224 e. The maximum atomic E-state index is 12.1. The Morgan fingerprint density at radius 2 is 1.88 bits per heavy atom. The SMILES string of the molecule is Cc1cc(C)n(-c2ccc(CC(=O)NCC3CCCCC3)cc2)n1. The molecule has 24 heavy (non-hydrogen) atoms. The predicted molar refractivity (Wildman–Crippen MR) is 96.3 cm³/mol. The summed E-state index contributed by atoms with van der Waals surface area (Å²) < 4.78 is 1.93. The molecule has 128 valence electrons. The van der Waals surface area contributed by atoms with Gasteiger partial charge in [-0.3, -0.25) is 4.79 Å². The highest BCUT2D eigenvalue weighted by molar-refractivity contribution is 5.78. The molecular formula is C20H27N3O. The number of carbonyl (C=O) groups excluding carboxylic acids is 1. The zero-order valence-corrected chi connectivity index (χ0v) is 14.7. The molecule has 1 amide bonds. The third-order valence-electron chi connectivity index (χ3n) is 4.87. The first-order valence-corrected chi connectivity index (χ1v) is 9.01. The van der Waals surface area contributed by atoms with Crippen molar-refractivity contribution < 1.29 is 4.79 Å². The van der Waals surface area contributed by atoms with E-state index in [0.29, 0.717) is 12.3 Å². The second-order valence-corrected chi connectivity index (χ2v) is 6.99. The minimum absolute atomic E-state index is 0.124. The molecule has 1 heterocycles. The maximum Gasteiger partial charge on any atom is 0.224 e. The molecule has 1 aliphatic rings. The van der Waals surface area contributed by atoms with Crippen LogP contribution in [0.3, 0.4) is 0 Å². The molecule has 1 saturated carbocycles. The van der Waals surface area contributed by atoms with Gasteiger partial charge in [-0.15, -0.1) is 0 Å². The molecule has 1 aromatic heterocycles. The quantitative estimate of drug-likeness (QED) is 0.910. The minimum atomic E-state index is 0.124. The zero-order valence-electron chi connectivity index (χ0n) is 14.7. The van der Waals surface area contributed by atoms with Crippen LogP contribution < -0.4 is 5.32 Å². The number of nitrogens with zero attached hydrogens (tertiary/aromatic N) is 2. The van der Waals surface area contributed by atoms with Crippen LogP contribution in [0.25, 0.3) is 5.69 Å². The van der Waals surface area contributed by atoms with E-state index in [1.54, 1.807) is 0 Å². The van der Waals surface area contributed by atoms with Crippen LogP contribution in [-0.4, -0.2) is 22.2 Å². The summed E-state index contributed by atoms with van der Waals surface area (Å²) in [5.74, 6) is 0.801. The minimum Gasteiger partial charge on any atom is -0.356 e. The molecule has 1 N–H and O–H groups in total. The number of hydrogen-bond acceptors (Lipinski definition) is 2. The first-order valence-electron chi connectivity index (χ1n) is 9.01. The second-order valence-electron chi connectivity index (χ2n) is 6.99. The van der Waals surface area contributed by atoms with Gasteiger partial charge < -0.3 is 5.32 Å². The second kappa shape index (κ2) is 7.65. The van der Waals surface area contributed by atoms with E-state index in [1.807, 2.05) is 42.8 Å². The highest BCUT2D eigenvalue weighted by Gasteiger charge is 2.14. The number of hydrogen-bond donors (Lipinski definition) is 1. The lowest BCUT2D eigenvalue weighted by atomic mass is 9.89. The summed E-state index contributed by atoms with van der Waals surface area (Å²) in [7, 11) is 0. The average Bonchev–Trinajstić information content (AvgIpc) is 2.93. The highest BCUT2D eigenvalue weighted by atomic mass is 16.1. The molecule has 0 saturated heterocycles. The molecular weight excluding hydrogens is 298 g/mol. The first-order chi connectivity index (χ1) is 11.6. The lowest BCUT2D eigenvalue weighted by Gasteiger charge is -2.21. The molecule has 1 aliphatic carbocycles. The zero-order chi connectivity index (χ0) is 16.9. The molecule has 2 aromatic rings. The summed E-state index contributed by atoms with van der Waals surface area (Å²) in [5, 5.41) is 7.59. The number of carbonyl (C=O) groups is 1. The number of benzene rings is 1. The third kappa shape index (κ3) is 4.25. The van der Waals surface area contributed by atoms with Crippen molar-refractivity contribution in [2.75, 3.05) is 6.54 Å². The van der Waals surface area contributed by atoms with Crippen LogP contribution in [0.15, 0.2) is 30.3 Å². The van der Waals surface area contributed by atoms with Crippen molar-refractivity contribution in [3.63, 3.8) is 0 Å². The first kappa shape index (κ1) is 16.7. The Morgan fingerprint density at radius 3 is 2.50 bits per heavy atom. The summed E-state index contributed by atoms with van der Waals surface area (Å²) in [4.78, 5) is 12.1. The molecule has 0 aliphatic heterocycles. The van der Waals surface area contributed by atoms with Crippen LogP contribution in [0.4, 0.5) is 0 Å². The molecule has 1 fully saturated rings. The van der Waals surface area contributed by atoms with Gasteiger partial charge in [0, 0.05) is 12.2 Å². The van der Waals surface area contributed by atoms with Gasteiger partial charge in [0.15, 0.2) is 0 Å². The van der Waals surface area contributed by atoms with Gasteiger partial charge in [0.05, 0.1) is 17.8 Å². The van der Waals surface area contributed by atoms with Crippen LogP contribution in [0, 0.1) is 19.8 Å². The number of rotatable bonds is 5. The predicted octanol–water partition coefficient (Wildman–Crippen LogP) is 3.73. The lowest BCUT2D eigenvalue weighted by molar-refractivity contribution is -0.120. The monoisotopic (exact) mass is 325 g/mol. The summed E-state index contributed by atoms with van der Waals surface area (Å²) >= 11 is 0. The van der Waals surface area contributed by atoms with E-state index in [1.165, 1.54) is 32.1 Å². The average molecular weight is 325 g/mol. The fraction of sp³-hybridized carbons (Fsp3) is 0.500. The van der Waals surface area contributed by atoms with Crippen molar-refractivity contribution in [3.05, 3.63) is 47.3 Å². The van der Waals surface area contributed by atoms with Gasteiger partial charge in [-0.2, -0.15) is 5.10 Å². The third-order valence-corrected chi connectivity index (χ3v) is 4.87. The van der Waals surface area contributed by atoms with E-state index < -0.39 is 0 Å². The van der Waals surface area contributed by atoms with Crippen LogP contribution in [0.1, 0.15) is 49.1 Å². The molecule has 4 nitrogen and oxygen atoms in total. The van der Waals surface area contributed by atoms with Crippen molar-refractivity contribution in [3.8, 4) is 5.69 Å². The van der Waals surface area contributed by atoms with Crippen LogP contribution >= 0.6 is 0 Å². The van der Waals surface area contributed by atoms with E-state index in [0.717, 1.165) is 29.2 Å². The Hall–Kier alpha value is -2.10. The van der Waals surface area contributed by atoms with Crippen molar-refractivity contribution >= 4 is 5.91 Å². The van der Waals surface area contributed by atoms with Crippen LogP contribution in [0.2, 0.25) is 0 Å². The van der Waals surface area contributed by atoms with Crippen LogP contribution in [-0.2, 0) is 11.2 Å². The van der Waals surface area contributed by atoms with E-state index in [4.69, 9.17) is 0 Å². The largest absolute Gasteiger partial charge is 0.356 e. The van der Waals surface area contributed by atoms with Crippen molar-refractivity contribution in [1.29, 1.82) is 0 Å². The van der Waals surface area contributed by atoms with Gasteiger partial charge in [-0.05, 0) is 56.4 Å². The molecule has 0 bridgehead atoms. The molecule has 0 atom stereocenters. The maximum absolute atomic E-state index is 12.1. The molecule has 0 unspecified atom stereocenters. The fourth-order valence-corrected chi connectivity index (χ4v) is 3.54. The van der Waals surface area contributed by atoms with Crippen LogP contribution in [0.5, 0.6) is 0 Å². The van der Waals surface area contributed by atoms with Crippen molar-refractivity contribution in [2.45, 2.75) is 52.4 Å². The highest BCUT2D eigenvalue weighted by Crippen LogP contribution is 2.22. The molecule has 1 aromatic carbocycles. The molecule has 4 heteroatoms. The van der Waals surface area contributed by atoms with Crippen molar-refractivity contribution in [2.24, 2.45) is 5.92 Å². The van der Waals surface area contributed by atoms with E-state index in [9.17, 15) is 4.79 Å². The standard InChI is InChI=1S/C20H27N3O/c1-15-12-16(2)23(22-15)19-10-8-17(9-11-19)13-20(24)21-14-18-6-4-3-5-7-18/h8-12,18H,3-7,13-14H2,1-2H3,(H,21,24). The molecule has 0 spiro atoms. The Bertz CT molecular complexity index is 681. The van der Waals surface area contributed by atoms with E-state index in [2.05, 4.69) is 16.5 Å².